The monoisotopic (exact) mass is 812 g/mol. The number of allylic oxidation sites excluding steroid dienone is 6. The van der Waals surface area contributed by atoms with Crippen LogP contribution < -0.4 is 5.73 Å². The Balaban J connectivity index is 4.02. The summed E-state index contributed by atoms with van der Waals surface area (Å²) in [4.78, 5) is 34.8. The average Bonchev–Trinajstić information content (AvgIpc) is 3.18. The second-order valence-electron chi connectivity index (χ2n) is 15.3. The third kappa shape index (κ3) is 41.9. The third-order valence-electron chi connectivity index (χ3n) is 9.78. The van der Waals surface area contributed by atoms with Gasteiger partial charge in [0.2, 0.25) is 0 Å². The zero-order valence-corrected chi connectivity index (χ0v) is 37.0. The van der Waals surface area contributed by atoms with Gasteiger partial charge >= 0.3 is 19.8 Å². The van der Waals surface area contributed by atoms with Crippen LogP contribution in [0.4, 0.5) is 0 Å². The Labute approximate surface area is 344 Å². The average molecular weight is 812 g/mol. The standard InChI is InChI=1S/C46H86NO8P/c1-3-5-7-9-11-13-15-16-17-18-19-20-21-22-23-24-25-26-27-28-29-31-33-35-37-39-46(49)55-44(43-54-56(50,51)53-41-40-47)42-52-45(48)38-36-34-32-30-14-12-10-8-6-4-2/h15-16,18-19,21-22,44H,3-14,17,20,23-43,47H2,1-2H3,(H,50,51)/b16-15-,19-18-,22-21-. The minimum atomic E-state index is -4.37. The second kappa shape index (κ2) is 42.8. The minimum Gasteiger partial charge on any atom is -0.462 e. The van der Waals surface area contributed by atoms with Crippen molar-refractivity contribution in [2.45, 2.75) is 219 Å². The molecule has 56 heavy (non-hydrogen) atoms. The zero-order chi connectivity index (χ0) is 41.1. The smallest absolute Gasteiger partial charge is 0.462 e. The van der Waals surface area contributed by atoms with E-state index in [1.807, 2.05) is 0 Å². The summed E-state index contributed by atoms with van der Waals surface area (Å²) < 4.78 is 32.8. The lowest BCUT2D eigenvalue weighted by Crippen LogP contribution is -2.29. The number of phosphoric ester groups is 1. The fourth-order valence-electron chi connectivity index (χ4n) is 6.35. The van der Waals surface area contributed by atoms with Gasteiger partial charge in [-0.3, -0.25) is 18.6 Å². The summed E-state index contributed by atoms with van der Waals surface area (Å²) in [6, 6.07) is 0. The van der Waals surface area contributed by atoms with E-state index in [4.69, 9.17) is 24.3 Å². The molecule has 2 unspecified atom stereocenters. The van der Waals surface area contributed by atoms with Gasteiger partial charge in [0.05, 0.1) is 13.2 Å². The van der Waals surface area contributed by atoms with E-state index < -0.39 is 26.5 Å². The second-order valence-corrected chi connectivity index (χ2v) is 16.7. The van der Waals surface area contributed by atoms with Crippen molar-refractivity contribution in [1.82, 2.24) is 0 Å². The van der Waals surface area contributed by atoms with Gasteiger partial charge in [0.25, 0.3) is 0 Å². The molecule has 328 valence electrons. The molecule has 0 amide bonds. The maximum Gasteiger partial charge on any atom is 0.472 e. The number of hydrogen-bond donors (Lipinski definition) is 2. The normalized spacial score (nSPS) is 13.6. The lowest BCUT2D eigenvalue weighted by Gasteiger charge is -2.19. The molecule has 0 aliphatic heterocycles. The molecular weight excluding hydrogens is 725 g/mol. The van der Waals surface area contributed by atoms with Crippen LogP contribution in [0.5, 0.6) is 0 Å². The van der Waals surface area contributed by atoms with Crippen LogP contribution in [0.3, 0.4) is 0 Å². The first-order valence-electron chi connectivity index (χ1n) is 23.0. The van der Waals surface area contributed by atoms with Crippen LogP contribution in [-0.2, 0) is 32.7 Å². The molecule has 0 radical (unpaired) electrons. The number of esters is 2. The summed E-state index contributed by atoms with van der Waals surface area (Å²) in [6.07, 6.45) is 47.6. The first-order valence-corrected chi connectivity index (χ1v) is 24.5. The van der Waals surface area contributed by atoms with Gasteiger partial charge in [0, 0.05) is 19.4 Å². The fraction of sp³-hybridized carbons (Fsp3) is 0.826. The van der Waals surface area contributed by atoms with Gasteiger partial charge < -0.3 is 20.1 Å². The molecule has 0 rings (SSSR count). The highest BCUT2D eigenvalue weighted by Crippen LogP contribution is 2.43. The molecule has 0 saturated carbocycles. The molecule has 9 nitrogen and oxygen atoms in total. The van der Waals surface area contributed by atoms with E-state index in [1.165, 1.54) is 122 Å². The van der Waals surface area contributed by atoms with Crippen molar-refractivity contribution in [3.05, 3.63) is 36.5 Å². The van der Waals surface area contributed by atoms with Gasteiger partial charge in [-0.05, 0) is 51.4 Å². The number of phosphoric acid groups is 1. The third-order valence-corrected chi connectivity index (χ3v) is 10.8. The quantitative estimate of drug-likeness (QED) is 0.0267. The molecule has 0 heterocycles. The molecule has 10 heteroatoms. The summed E-state index contributed by atoms with van der Waals surface area (Å²) in [5.74, 6) is -0.830. The maximum atomic E-state index is 12.6. The van der Waals surface area contributed by atoms with Gasteiger partial charge in [-0.2, -0.15) is 0 Å². The highest BCUT2D eigenvalue weighted by Gasteiger charge is 2.26. The first-order chi connectivity index (χ1) is 27.3. The maximum absolute atomic E-state index is 12.6. The Bertz CT molecular complexity index is 1020. The molecule has 0 bridgehead atoms. The molecule has 0 fully saturated rings. The Morgan fingerprint density at radius 1 is 0.536 bits per heavy atom. The van der Waals surface area contributed by atoms with Gasteiger partial charge in [-0.1, -0.05) is 185 Å². The van der Waals surface area contributed by atoms with E-state index in [9.17, 15) is 19.0 Å². The zero-order valence-electron chi connectivity index (χ0n) is 36.1. The van der Waals surface area contributed by atoms with E-state index >= 15 is 0 Å². The Morgan fingerprint density at radius 2 is 0.929 bits per heavy atom. The summed E-state index contributed by atoms with van der Waals surface area (Å²) in [5.41, 5.74) is 5.34. The van der Waals surface area contributed by atoms with Gasteiger partial charge in [0.1, 0.15) is 6.61 Å². The van der Waals surface area contributed by atoms with E-state index in [2.05, 4.69) is 50.3 Å². The summed E-state index contributed by atoms with van der Waals surface area (Å²) in [6.45, 7) is 3.71. The van der Waals surface area contributed by atoms with Crippen LogP contribution in [0.25, 0.3) is 0 Å². The van der Waals surface area contributed by atoms with Gasteiger partial charge in [-0.15, -0.1) is 0 Å². The Hall–Kier alpha value is -1.77. The largest absolute Gasteiger partial charge is 0.472 e. The van der Waals surface area contributed by atoms with Crippen molar-refractivity contribution in [2.75, 3.05) is 26.4 Å². The summed E-state index contributed by atoms with van der Waals surface area (Å²) >= 11 is 0. The summed E-state index contributed by atoms with van der Waals surface area (Å²) in [5, 5.41) is 0. The number of carbonyl (C=O) groups excluding carboxylic acids is 2. The van der Waals surface area contributed by atoms with Crippen LogP contribution in [0.15, 0.2) is 36.5 Å². The number of nitrogens with two attached hydrogens (primary N) is 1. The van der Waals surface area contributed by atoms with Gasteiger partial charge in [0.15, 0.2) is 6.10 Å². The van der Waals surface area contributed by atoms with Crippen molar-refractivity contribution in [3.63, 3.8) is 0 Å². The number of ether oxygens (including phenoxy) is 2. The molecular formula is C46H86NO8P. The predicted octanol–water partition coefficient (Wildman–Crippen LogP) is 13.3. The molecule has 0 saturated heterocycles. The number of unbranched alkanes of at least 4 members (excludes halogenated alkanes) is 24. The predicted molar refractivity (Wildman–Crippen MR) is 234 cm³/mol. The van der Waals surface area contributed by atoms with E-state index in [0.29, 0.717) is 6.42 Å². The van der Waals surface area contributed by atoms with E-state index in [-0.39, 0.29) is 38.6 Å². The van der Waals surface area contributed by atoms with E-state index in [0.717, 1.165) is 57.8 Å². The van der Waals surface area contributed by atoms with Crippen molar-refractivity contribution in [1.29, 1.82) is 0 Å². The lowest BCUT2D eigenvalue weighted by molar-refractivity contribution is -0.161. The molecule has 0 aromatic rings. The SMILES string of the molecule is CCCCCCC/C=C\C/C=C\C/C=C\CCCCCCCCCCCCC(=O)OC(COC(=O)CCCCCCCCCCCC)COP(=O)(O)OCCN. The van der Waals surface area contributed by atoms with Crippen LogP contribution in [-0.4, -0.2) is 49.3 Å². The minimum absolute atomic E-state index is 0.0533. The molecule has 3 N–H and O–H groups in total. The highest BCUT2D eigenvalue weighted by molar-refractivity contribution is 7.47. The number of carbonyl (C=O) groups is 2. The first kappa shape index (κ1) is 54.2. The molecule has 0 aliphatic carbocycles. The van der Waals surface area contributed by atoms with Gasteiger partial charge in [-0.25, -0.2) is 4.57 Å². The van der Waals surface area contributed by atoms with Crippen LogP contribution in [0.1, 0.15) is 213 Å². The topological polar surface area (TPSA) is 134 Å². The Kier molecular flexibility index (Phi) is 41.5. The Morgan fingerprint density at radius 3 is 1.38 bits per heavy atom. The van der Waals surface area contributed by atoms with Crippen molar-refractivity contribution in [3.8, 4) is 0 Å². The van der Waals surface area contributed by atoms with Crippen LogP contribution in [0.2, 0.25) is 0 Å². The van der Waals surface area contributed by atoms with E-state index in [1.54, 1.807) is 0 Å². The number of rotatable bonds is 43. The van der Waals surface area contributed by atoms with Crippen LogP contribution in [0, 0.1) is 0 Å². The molecule has 0 aliphatic rings. The number of hydrogen-bond acceptors (Lipinski definition) is 8. The molecule has 0 aromatic heterocycles. The molecule has 0 spiro atoms. The highest BCUT2D eigenvalue weighted by atomic mass is 31.2. The van der Waals surface area contributed by atoms with Crippen molar-refractivity contribution in [2.24, 2.45) is 5.73 Å². The van der Waals surface area contributed by atoms with Crippen LogP contribution >= 0.6 is 7.82 Å². The lowest BCUT2D eigenvalue weighted by atomic mass is 10.0. The molecule has 2 atom stereocenters. The van der Waals surface area contributed by atoms with Crippen molar-refractivity contribution < 1.29 is 37.6 Å². The fourth-order valence-corrected chi connectivity index (χ4v) is 7.11. The van der Waals surface area contributed by atoms with Crippen molar-refractivity contribution >= 4 is 19.8 Å². The molecule has 0 aromatic carbocycles. The summed E-state index contributed by atoms with van der Waals surface area (Å²) in [7, 11) is -4.37.